The van der Waals surface area contributed by atoms with Crippen molar-refractivity contribution < 1.29 is 77.8 Å². The molecule has 0 aromatic heterocycles. The number of fused-ring (bicyclic) bond motifs is 3. The molecule has 6 N–H and O–H groups in total. The molecule has 6 aromatic rings. The fraction of sp³-hybridized carbons (Fsp3) is 0. The first-order valence-electron chi connectivity index (χ1n) is 14.0. The molecule has 57 heavy (non-hydrogen) atoms. The van der Waals surface area contributed by atoms with Gasteiger partial charge in [0.25, 0.3) is 60.7 Å². The second-order valence-electron chi connectivity index (χ2n) is 10.8. The van der Waals surface area contributed by atoms with Crippen molar-refractivity contribution in [1.82, 2.24) is 0 Å². The van der Waals surface area contributed by atoms with E-state index in [0.29, 0.717) is 16.2 Å². The number of benzene rings is 6. The molecule has 0 amide bonds. The van der Waals surface area contributed by atoms with Crippen LogP contribution in [-0.2, 0) is 60.7 Å². The number of hydrogen-bond acceptors (Lipinski definition) is 12. The number of rotatable bonds is 6. The maximum absolute atomic E-state index is 11.2. The Morgan fingerprint density at radius 1 is 0.281 bits per heavy atom. The van der Waals surface area contributed by atoms with E-state index in [2.05, 4.69) is 0 Å². The van der Waals surface area contributed by atoms with Gasteiger partial charge in [0, 0.05) is 16.2 Å². The van der Waals surface area contributed by atoms with Crippen LogP contribution in [0.3, 0.4) is 0 Å². The molecule has 0 atom stereocenters. The summed E-state index contributed by atoms with van der Waals surface area (Å²) in [6, 6.07) is 22.8. The Morgan fingerprint density at radius 2 is 0.491 bits per heavy atom. The molecule has 0 unspecified atom stereocenters. The summed E-state index contributed by atoms with van der Waals surface area (Å²) >= 11 is 0. The molecule has 0 saturated heterocycles. The average molecular weight is 937 g/mol. The monoisotopic (exact) mass is 936 g/mol. The van der Waals surface area contributed by atoms with Gasteiger partial charge in [-0.15, -0.1) is 0 Å². The van der Waals surface area contributed by atoms with E-state index >= 15 is 0 Å². The summed E-state index contributed by atoms with van der Waals surface area (Å²) in [6.07, 6.45) is 0. The number of hydrogen-bond donors (Lipinski definition) is 6. The molecule has 18 nitrogen and oxygen atoms in total. The SMILES string of the molecule is O=S(=O)(O)c1ccc2cccc(S(=O)(=O)O)c2c1.O=S(=O)(O)c1ccc2cccc(S(=O)(=O)O)c2c1.O=S(=O)(O)c1ccc2cccc(S(=O)(=O)O)c2c1.[NaH].[NaH].[NaH]. The van der Waals surface area contributed by atoms with E-state index < -0.39 is 90.1 Å². The Labute approximate surface area is 393 Å². The fourth-order valence-electron chi connectivity index (χ4n) is 4.83. The second kappa shape index (κ2) is 20.0. The van der Waals surface area contributed by atoms with Crippen molar-refractivity contribution in [3.8, 4) is 0 Å². The molecule has 0 spiro atoms. The van der Waals surface area contributed by atoms with Crippen molar-refractivity contribution in [1.29, 1.82) is 0 Å². The van der Waals surface area contributed by atoms with Gasteiger partial charge in [0.1, 0.15) is 14.7 Å². The average Bonchev–Trinajstić information content (AvgIpc) is 3.04. The van der Waals surface area contributed by atoms with Crippen molar-refractivity contribution in [3.05, 3.63) is 109 Å². The summed E-state index contributed by atoms with van der Waals surface area (Å²) in [6.45, 7) is 0. The van der Waals surface area contributed by atoms with Crippen molar-refractivity contribution in [3.63, 3.8) is 0 Å². The third-order valence-electron chi connectivity index (χ3n) is 7.17. The van der Waals surface area contributed by atoms with Crippen LogP contribution in [-0.4, -0.2) is 166 Å². The standard InChI is InChI=1S/3C10H8O6S2.3Na.3H/c3*11-17(12,13)8-5-4-7-2-1-3-10(9(7)6-8)18(14,15)16;;;;;;/h3*1-6H,(H,11,12,13)(H,14,15,16);;;;;;. The Bertz CT molecular complexity index is 2820. The summed E-state index contributed by atoms with van der Waals surface area (Å²) in [5, 5.41) is 1.35. The predicted molar refractivity (Wildman–Crippen MR) is 212 cm³/mol. The van der Waals surface area contributed by atoms with Crippen LogP contribution >= 0.6 is 0 Å². The van der Waals surface area contributed by atoms with Crippen LogP contribution in [0.4, 0.5) is 0 Å². The molecule has 6 rings (SSSR count). The zero-order valence-corrected chi connectivity index (χ0v) is 31.3. The summed E-state index contributed by atoms with van der Waals surface area (Å²) in [7, 11) is -26.7. The van der Waals surface area contributed by atoms with Gasteiger partial charge in [-0.2, -0.15) is 50.5 Å². The first-order valence-corrected chi connectivity index (χ1v) is 22.7. The van der Waals surface area contributed by atoms with Crippen LogP contribution < -0.4 is 0 Å². The molecule has 27 heteroatoms. The van der Waals surface area contributed by atoms with Gasteiger partial charge in [0.05, 0.1) is 14.7 Å². The van der Waals surface area contributed by atoms with E-state index in [4.69, 9.17) is 27.3 Å². The predicted octanol–water partition coefficient (Wildman–Crippen LogP) is 2.05. The summed E-state index contributed by atoms with van der Waals surface area (Å²) in [4.78, 5) is -2.55. The molecule has 0 heterocycles. The van der Waals surface area contributed by atoms with Crippen LogP contribution in [0.2, 0.25) is 0 Å². The Balaban J connectivity index is 0.000000417. The second-order valence-corrected chi connectivity index (χ2v) is 19.2. The first-order chi connectivity index (χ1) is 24.6. The fourth-order valence-corrected chi connectivity index (χ4v) is 8.46. The van der Waals surface area contributed by atoms with Gasteiger partial charge >= 0.3 is 88.7 Å². The van der Waals surface area contributed by atoms with E-state index in [1.807, 2.05) is 0 Å². The normalized spacial score (nSPS) is 12.1. The summed E-state index contributed by atoms with van der Waals surface area (Å²) in [5.74, 6) is 0. The Kier molecular flexibility index (Phi) is 18.8. The zero-order valence-electron chi connectivity index (χ0n) is 26.4. The molecule has 294 valence electrons. The van der Waals surface area contributed by atoms with Crippen LogP contribution in [0.25, 0.3) is 32.3 Å². The van der Waals surface area contributed by atoms with E-state index in [9.17, 15) is 50.5 Å². The van der Waals surface area contributed by atoms with Gasteiger partial charge in [-0.3, -0.25) is 27.3 Å². The Morgan fingerprint density at radius 3 is 0.667 bits per heavy atom. The van der Waals surface area contributed by atoms with Crippen molar-refractivity contribution >= 4 is 182 Å². The van der Waals surface area contributed by atoms with Crippen molar-refractivity contribution in [2.45, 2.75) is 29.4 Å². The van der Waals surface area contributed by atoms with Gasteiger partial charge < -0.3 is 0 Å². The van der Waals surface area contributed by atoms with E-state index in [-0.39, 0.29) is 105 Å². The molecule has 0 aliphatic carbocycles. The topological polar surface area (TPSA) is 326 Å². The quantitative estimate of drug-likeness (QED) is 0.103. The van der Waals surface area contributed by atoms with Crippen molar-refractivity contribution in [2.75, 3.05) is 0 Å². The van der Waals surface area contributed by atoms with Crippen LogP contribution in [0.5, 0.6) is 0 Å². The maximum atomic E-state index is 11.2. The molecule has 0 saturated carbocycles. The van der Waals surface area contributed by atoms with Crippen LogP contribution in [0.15, 0.2) is 139 Å². The third-order valence-corrected chi connectivity index (χ3v) is 12.5. The third kappa shape index (κ3) is 14.1. The van der Waals surface area contributed by atoms with Gasteiger partial charge in [-0.05, 0) is 70.8 Å². The van der Waals surface area contributed by atoms with Gasteiger partial charge in [0.2, 0.25) is 0 Å². The van der Waals surface area contributed by atoms with E-state index in [1.54, 1.807) is 18.2 Å². The minimum atomic E-state index is -4.47. The molecule has 0 fully saturated rings. The molecule has 0 radical (unpaired) electrons. The summed E-state index contributed by atoms with van der Waals surface area (Å²) < 4.78 is 187. The van der Waals surface area contributed by atoms with Crippen molar-refractivity contribution in [2.24, 2.45) is 0 Å². The molecule has 0 aliphatic rings. The molecule has 0 aliphatic heterocycles. The first kappa shape index (κ1) is 53.6. The van der Waals surface area contributed by atoms with Gasteiger partial charge in [-0.1, -0.05) is 54.6 Å². The molecular formula is C30H27Na3O18S6. The van der Waals surface area contributed by atoms with E-state index in [0.717, 1.165) is 54.6 Å². The Hall–Kier alpha value is -1.44. The summed E-state index contributed by atoms with van der Waals surface area (Å²) in [5.41, 5.74) is 0. The van der Waals surface area contributed by atoms with Gasteiger partial charge in [-0.25, -0.2) is 0 Å². The molecule has 0 bridgehead atoms. The van der Waals surface area contributed by atoms with Gasteiger partial charge in [0.15, 0.2) is 0 Å². The van der Waals surface area contributed by atoms with Crippen LogP contribution in [0.1, 0.15) is 0 Å². The van der Waals surface area contributed by atoms with Crippen LogP contribution in [0, 0.1) is 0 Å². The molecular weight excluding hydrogens is 910 g/mol. The zero-order chi connectivity index (χ0) is 40.7. The van der Waals surface area contributed by atoms with E-state index in [1.165, 1.54) is 36.4 Å². The minimum absolute atomic E-state index is 0. The molecule has 6 aromatic carbocycles.